The predicted octanol–water partition coefficient (Wildman–Crippen LogP) is 2.78. The molecule has 0 aromatic heterocycles. The van der Waals surface area contributed by atoms with E-state index in [4.69, 9.17) is 4.74 Å². The SMILES string of the molecule is CCCCOC1CC(NC(=NC)NCCc2ccc(S(C)(=O)=O)cc2)C1(C)C. The summed E-state index contributed by atoms with van der Waals surface area (Å²) in [5.41, 5.74) is 1.16. The van der Waals surface area contributed by atoms with Gasteiger partial charge in [0, 0.05) is 37.9 Å². The third kappa shape index (κ3) is 5.95. The van der Waals surface area contributed by atoms with E-state index in [1.807, 2.05) is 12.1 Å². The van der Waals surface area contributed by atoms with Crippen LogP contribution in [0.1, 0.15) is 45.6 Å². The first-order valence-corrected chi connectivity index (χ1v) is 12.0. The van der Waals surface area contributed by atoms with Gasteiger partial charge in [-0.1, -0.05) is 39.3 Å². The summed E-state index contributed by atoms with van der Waals surface area (Å²) in [7, 11) is -1.37. The monoisotopic (exact) mass is 409 g/mol. The van der Waals surface area contributed by atoms with Crippen LogP contribution in [0.15, 0.2) is 34.2 Å². The van der Waals surface area contributed by atoms with Gasteiger partial charge in [0.1, 0.15) is 0 Å². The van der Waals surface area contributed by atoms with Crippen molar-refractivity contribution in [2.24, 2.45) is 10.4 Å². The number of hydrogen-bond donors (Lipinski definition) is 2. The molecule has 28 heavy (non-hydrogen) atoms. The number of hydrogen-bond acceptors (Lipinski definition) is 4. The Hall–Kier alpha value is -1.60. The zero-order chi connectivity index (χ0) is 20.8. The Balaban J connectivity index is 1.78. The minimum absolute atomic E-state index is 0.0762. The summed E-state index contributed by atoms with van der Waals surface area (Å²) in [6.45, 7) is 8.21. The zero-order valence-electron chi connectivity index (χ0n) is 17.8. The molecule has 1 aliphatic carbocycles. The minimum atomic E-state index is -3.15. The lowest BCUT2D eigenvalue weighted by molar-refractivity contribution is -0.113. The normalized spacial score (nSPS) is 21.8. The Morgan fingerprint density at radius 3 is 2.50 bits per heavy atom. The lowest BCUT2D eigenvalue weighted by Crippen LogP contribution is -2.63. The molecule has 0 aliphatic heterocycles. The molecule has 1 aromatic carbocycles. The van der Waals surface area contributed by atoms with E-state index in [0.29, 0.717) is 17.0 Å². The van der Waals surface area contributed by atoms with Gasteiger partial charge < -0.3 is 15.4 Å². The highest BCUT2D eigenvalue weighted by molar-refractivity contribution is 7.90. The second-order valence-corrected chi connectivity index (χ2v) is 10.1. The van der Waals surface area contributed by atoms with Crippen molar-refractivity contribution in [1.82, 2.24) is 10.6 Å². The molecule has 2 unspecified atom stereocenters. The van der Waals surface area contributed by atoms with Gasteiger partial charge in [0.05, 0.1) is 11.0 Å². The highest BCUT2D eigenvalue weighted by Crippen LogP contribution is 2.42. The molecule has 0 spiro atoms. The van der Waals surface area contributed by atoms with E-state index >= 15 is 0 Å². The van der Waals surface area contributed by atoms with Crippen LogP contribution in [0.25, 0.3) is 0 Å². The van der Waals surface area contributed by atoms with Crippen LogP contribution in [0.5, 0.6) is 0 Å². The zero-order valence-corrected chi connectivity index (χ0v) is 18.6. The van der Waals surface area contributed by atoms with Crippen molar-refractivity contribution in [3.8, 4) is 0 Å². The summed E-state index contributed by atoms with van der Waals surface area (Å²) in [5.74, 6) is 0.790. The summed E-state index contributed by atoms with van der Waals surface area (Å²) in [5, 5.41) is 6.86. The molecule has 2 atom stereocenters. The molecule has 158 valence electrons. The third-order valence-electron chi connectivity index (χ3n) is 5.59. The van der Waals surface area contributed by atoms with E-state index in [0.717, 1.165) is 50.4 Å². The topological polar surface area (TPSA) is 79.8 Å². The molecule has 1 aromatic rings. The first-order chi connectivity index (χ1) is 13.2. The minimum Gasteiger partial charge on any atom is -0.378 e. The second-order valence-electron chi connectivity index (χ2n) is 8.13. The van der Waals surface area contributed by atoms with Crippen LogP contribution in [-0.4, -0.2) is 53.0 Å². The molecule has 1 fully saturated rings. The molecule has 2 rings (SSSR count). The average molecular weight is 410 g/mol. The van der Waals surface area contributed by atoms with Gasteiger partial charge in [0.15, 0.2) is 15.8 Å². The highest BCUT2D eigenvalue weighted by Gasteiger charge is 2.49. The lowest BCUT2D eigenvalue weighted by Gasteiger charge is -2.52. The number of aliphatic imine (C=N–C) groups is 1. The molecule has 2 N–H and O–H groups in total. The van der Waals surface area contributed by atoms with E-state index < -0.39 is 9.84 Å². The number of rotatable bonds is 9. The number of benzene rings is 1. The molecule has 0 radical (unpaired) electrons. The van der Waals surface area contributed by atoms with Crippen molar-refractivity contribution >= 4 is 15.8 Å². The van der Waals surface area contributed by atoms with Gasteiger partial charge in [-0.15, -0.1) is 0 Å². The Bertz CT molecular complexity index is 758. The van der Waals surface area contributed by atoms with Crippen molar-refractivity contribution in [3.05, 3.63) is 29.8 Å². The Morgan fingerprint density at radius 1 is 1.29 bits per heavy atom. The van der Waals surface area contributed by atoms with Crippen LogP contribution in [0.4, 0.5) is 0 Å². The first-order valence-electron chi connectivity index (χ1n) is 10.1. The smallest absolute Gasteiger partial charge is 0.191 e. The quantitative estimate of drug-likeness (QED) is 0.372. The molecule has 0 heterocycles. The fourth-order valence-electron chi connectivity index (χ4n) is 3.37. The lowest BCUT2D eigenvalue weighted by atomic mass is 9.64. The summed E-state index contributed by atoms with van der Waals surface area (Å²) in [4.78, 5) is 4.68. The predicted molar refractivity (Wildman–Crippen MR) is 115 cm³/mol. The number of sulfone groups is 1. The Kier molecular flexibility index (Phi) is 7.89. The third-order valence-corrected chi connectivity index (χ3v) is 6.72. The molecule has 0 bridgehead atoms. The van der Waals surface area contributed by atoms with Crippen LogP contribution in [-0.2, 0) is 21.0 Å². The molecule has 6 nitrogen and oxygen atoms in total. The fraction of sp³-hybridized carbons (Fsp3) is 0.667. The average Bonchev–Trinajstić information content (AvgIpc) is 2.65. The van der Waals surface area contributed by atoms with Crippen molar-refractivity contribution in [1.29, 1.82) is 0 Å². The Labute approximate surface area is 170 Å². The van der Waals surface area contributed by atoms with E-state index in [2.05, 4.69) is 36.4 Å². The molecule has 0 amide bonds. The van der Waals surface area contributed by atoms with Crippen molar-refractivity contribution in [2.75, 3.05) is 26.5 Å². The molecule has 1 aliphatic rings. The first kappa shape index (κ1) is 22.7. The number of unbranched alkanes of at least 4 members (excludes halogenated alkanes) is 1. The van der Waals surface area contributed by atoms with E-state index in [9.17, 15) is 8.42 Å². The maximum atomic E-state index is 11.5. The molecule has 1 saturated carbocycles. The summed E-state index contributed by atoms with van der Waals surface area (Å²) in [6, 6.07) is 7.38. The fourth-order valence-corrected chi connectivity index (χ4v) is 4.00. The molecular formula is C21H35N3O3S. The van der Waals surface area contributed by atoms with Crippen LogP contribution >= 0.6 is 0 Å². The molecule has 7 heteroatoms. The van der Waals surface area contributed by atoms with Gasteiger partial charge in [-0.3, -0.25) is 4.99 Å². The standard InChI is InChI=1S/C21H35N3O3S/c1-6-7-14-27-19-15-18(21(19,2)3)24-20(22-4)23-13-12-16-8-10-17(11-9-16)28(5,25)26/h8-11,18-19H,6-7,12-15H2,1-5H3,(H2,22,23,24). The van der Waals surface area contributed by atoms with E-state index in [1.165, 1.54) is 6.26 Å². The maximum Gasteiger partial charge on any atom is 0.191 e. The van der Waals surface area contributed by atoms with Gasteiger partial charge in [0.2, 0.25) is 0 Å². The van der Waals surface area contributed by atoms with Crippen LogP contribution in [0, 0.1) is 5.41 Å². The van der Waals surface area contributed by atoms with Gasteiger partial charge in [-0.2, -0.15) is 0 Å². The van der Waals surface area contributed by atoms with E-state index in [1.54, 1.807) is 19.2 Å². The highest BCUT2D eigenvalue weighted by atomic mass is 32.2. The van der Waals surface area contributed by atoms with Gasteiger partial charge in [-0.25, -0.2) is 8.42 Å². The maximum absolute atomic E-state index is 11.5. The number of nitrogens with one attached hydrogen (secondary N) is 2. The number of ether oxygens (including phenoxy) is 1. The van der Waals surface area contributed by atoms with Gasteiger partial charge >= 0.3 is 0 Å². The summed E-state index contributed by atoms with van der Waals surface area (Å²) in [6.07, 6.45) is 5.57. The van der Waals surface area contributed by atoms with Crippen LogP contribution < -0.4 is 10.6 Å². The van der Waals surface area contributed by atoms with Crippen LogP contribution in [0.2, 0.25) is 0 Å². The number of nitrogens with zero attached hydrogens (tertiary/aromatic N) is 1. The van der Waals surface area contributed by atoms with Crippen molar-refractivity contribution in [3.63, 3.8) is 0 Å². The Morgan fingerprint density at radius 2 is 1.96 bits per heavy atom. The van der Waals surface area contributed by atoms with Crippen LogP contribution in [0.3, 0.4) is 0 Å². The largest absolute Gasteiger partial charge is 0.378 e. The number of guanidine groups is 1. The molecule has 0 saturated heterocycles. The molecular weight excluding hydrogens is 374 g/mol. The van der Waals surface area contributed by atoms with Crippen molar-refractivity contribution in [2.45, 2.75) is 63.5 Å². The van der Waals surface area contributed by atoms with Crippen molar-refractivity contribution < 1.29 is 13.2 Å². The van der Waals surface area contributed by atoms with E-state index in [-0.39, 0.29) is 5.41 Å². The summed E-state index contributed by atoms with van der Waals surface area (Å²) >= 11 is 0. The van der Waals surface area contributed by atoms with Gasteiger partial charge in [0.25, 0.3) is 0 Å². The second kappa shape index (κ2) is 9.74. The van der Waals surface area contributed by atoms with Gasteiger partial charge in [-0.05, 0) is 37.0 Å². The summed E-state index contributed by atoms with van der Waals surface area (Å²) < 4.78 is 29.1.